The van der Waals surface area contributed by atoms with Crippen molar-refractivity contribution in [1.82, 2.24) is 9.78 Å². The number of thioether (sulfide) groups is 1. The fraction of sp³-hybridized carbons (Fsp3) is 0.308. The lowest BCUT2D eigenvalue weighted by Crippen LogP contribution is -2.06. The number of para-hydroxylation sites is 1. The van der Waals surface area contributed by atoms with Crippen LogP contribution in [0.5, 0.6) is 5.75 Å². The van der Waals surface area contributed by atoms with Gasteiger partial charge in [0.05, 0.1) is 18.1 Å². The highest BCUT2D eigenvalue weighted by Gasteiger charge is 2.17. The highest BCUT2D eigenvalue weighted by atomic mass is 32.2. The predicted molar refractivity (Wildman–Crippen MR) is 69.7 cm³/mol. The zero-order chi connectivity index (χ0) is 11.5. The van der Waals surface area contributed by atoms with E-state index in [0.717, 1.165) is 17.9 Å². The van der Waals surface area contributed by atoms with Gasteiger partial charge < -0.3 is 4.74 Å². The maximum Gasteiger partial charge on any atom is 0.159 e. The van der Waals surface area contributed by atoms with Gasteiger partial charge in [0, 0.05) is 0 Å². The maximum atomic E-state index is 5.86. The van der Waals surface area contributed by atoms with Gasteiger partial charge in [-0.1, -0.05) is 18.2 Å². The first kappa shape index (κ1) is 10.7. The Hall–Kier alpha value is -1.42. The normalized spacial score (nSPS) is 19.4. The van der Waals surface area contributed by atoms with Gasteiger partial charge in [-0.2, -0.15) is 5.10 Å². The zero-order valence-electron chi connectivity index (χ0n) is 9.45. The van der Waals surface area contributed by atoms with Gasteiger partial charge in [0.1, 0.15) is 5.44 Å². The molecular weight excluding hydrogens is 232 g/mol. The van der Waals surface area contributed by atoms with Crippen LogP contribution in [0, 0.1) is 0 Å². The van der Waals surface area contributed by atoms with Crippen molar-refractivity contribution in [2.45, 2.75) is 18.3 Å². The quantitative estimate of drug-likeness (QED) is 0.832. The molecule has 1 aliphatic heterocycles. The first-order valence-electron chi connectivity index (χ1n) is 5.80. The van der Waals surface area contributed by atoms with Crippen LogP contribution in [0.1, 0.15) is 12.8 Å². The smallest absolute Gasteiger partial charge is 0.159 e. The Morgan fingerprint density at radius 3 is 2.94 bits per heavy atom. The van der Waals surface area contributed by atoms with E-state index in [4.69, 9.17) is 4.74 Å². The molecule has 0 N–H and O–H groups in total. The summed E-state index contributed by atoms with van der Waals surface area (Å²) in [6, 6.07) is 10.1. The van der Waals surface area contributed by atoms with Crippen molar-refractivity contribution in [1.29, 1.82) is 0 Å². The molecular formula is C13H14N2OS. The molecule has 3 rings (SSSR count). The average Bonchev–Trinajstić information content (AvgIpc) is 3.02. The number of rotatable bonds is 3. The molecule has 0 spiro atoms. The molecule has 1 fully saturated rings. The van der Waals surface area contributed by atoms with E-state index < -0.39 is 0 Å². The monoisotopic (exact) mass is 246 g/mol. The van der Waals surface area contributed by atoms with Crippen molar-refractivity contribution < 1.29 is 4.74 Å². The lowest BCUT2D eigenvalue weighted by atomic mass is 10.3. The van der Waals surface area contributed by atoms with Crippen LogP contribution in [0.4, 0.5) is 0 Å². The largest absolute Gasteiger partial charge is 0.477 e. The third-order valence-corrected chi connectivity index (χ3v) is 3.96. The number of nitrogens with zero attached hydrogens (tertiary/aromatic N) is 2. The molecule has 0 aliphatic carbocycles. The number of hydrogen-bond donors (Lipinski definition) is 0. The van der Waals surface area contributed by atoms with Gasteiger partial charge >= 0.3 is 0 Å². The first-order chi connectivity index (χ1) is 8.42. The van der Waals surface area contributed by atoms with Crippen LogP contribution >= 0.6 is 11.8 Å². The third-order valence-electron chi connectivity index (χ3n) is 2.74. The zero-order valence-corrected chi connectivity index (χ0v) is 10.3. The van der Waals surface area contributed by atoms with E-state index in [2.05, 4.69) is 5.10 Å². The van der Waals surface area contributed by atoms with Gasteiger partial charge in [-0.25, -0.2) is 4.68 Å². The van der Waals surface area contributed by atoms with Gasteiger partial charge in [-0.3, -0.25) is 0 Å². The van der Waals surface area contributed by atoms with Crippen LogP contribution in [0.25, 0.3) is 5.69 Å². The fourth-order valence-corrected chi connectivity index (χ4v) is 2.99. The minimum Gasteiger partial charge on any atom is -0.477 e. The van der Waals surface area contributed by atoms with Crippen molar-refractivity contribution in [2.24, 2.45) is 0 Å². The predicted octanol–water partition coefficient (Wildman–Crippen LogP) is 3.10. The topological polar surface area (TPSA) is 27.1 Å². The number of hydrogen-bond acceptors (Lipinski definition) is 3. The van der Waals surface area contributed by atoms with E-state index in [-0.39, 0.29) is 0 Å². The summed E-state index contributed by atoms with van der Waals surface area (Å²) < 4.78 is 7.70. The second-order valence-corrected chi connectivity index (χ2v) is 5.28. The molecule has 1 saturated heterocycles. The molecule has 1 unspecified atom stereocenters. The summed E-state index contributed by atoms with van der Waals surface area (Å²) in [5, 5.41) is 4.31. The lowest BCUT2D eigenvalue weighted by molar-refractivity contribution is 0.284. The van der Waals surface area contributed by atoms with Crippen molar-refractivity contribution in [3.8, 4) is 11.4 Å². The summed E-state index contributed by atoms with van der Waals surface area (Å²) in [6.45, 7) is 0. The molecule has 88 valence electrons. The van der Waals surface area contributed by atoms with E-state index in [9.17, 15) is 0 Å². The van der Waals surface area contributed by atoms with Crippen LogP contribution in [0.2, 0.25) is 0 Å². The Labute approximate surface area is 105 Å². The number of aromatic nitrogens is 2. The molecule has 1 aromatic heterocycles. The summed E-state index contributed by atoms with van der Waals surface area (Å²) in [4.78, 5) is 0. The molecule has 0 saturated carbocycles. The molecule has 1 atom stereocenters. The first-order valence-corrected chi connectivity index (χ1v) is 6.85. The van der Waals surface area contributed by atoms with E-state index in [0.29, 0.717) is 5.44 Å². The van der Waals surface area contributed by atoms with Gasteiger partial charge in [-0.15, -0.1) is 11.8 Å². The second kappa shape index (κ2) is 4.84. The maximum absolute atomic E-state index is 5.86. The minimum absolute atomic E-state index is 0.309. The highest BCUT2D eigenvalue weighted by Crippen LogP contribution is 2.28. The molecule has 2 aromatic rings. The standard InChI is InChI=1S/C13H14N2OS/c1-2-5-11(6-3-1)15-10-12(9-14-15)16-13-7-4-8-17-13/h1-3,5-6,9-10,13H,4,7-8H2. The Morgan fingerprint density at radius 1 is 1.29 bits per heavy atom. The minimum atomic E-state index is 0.309. The molecule has 4 heteroatoms. The van der Waals surface area contributed by atoms with Crippen molar-refractivity contribution in [3.63, 3.8) is 0 Å². The van der Waals surface area contributed by atoms with Gasteiger partial charge in [0.25, 0.3) is 0 Å². The van der Waals surface area contributed by atoms with Crippen molar-refractivity contribution in [3.05, 3.63) is 42.7 Å². The van der Waals surface area contributed by atoms with E-state index in [1.54, 1.807) is 6.20 Å². The second-order valence-electron chi connectivity index (χ2n) is 4.02. The molecule has 1 aliphatic rings. The SMILES string of the molecule is c1ccc(-n2cc(OC3CCCS3)cn2)cc1. The van der Waals surface area contributed by atoms with E-state index in [1.165, 1.54) is 12.2 Å². The molecule has 0 radical (unpaired) electrons. The summed E-state index contributed by atoms with van der Waals surface area (Å²) in [5.74, 6) is 2.06. The Balaban J connectivity index is 1.74. The highest BCUT2D eigenvalue weighted by molar-refractivity contribution is 8.00. The molecule has 0 amide bonds. The van der Waals surface area contributed by atoms with Gasteiger partial charge in [0.2, 0.25) is 0 Å². The Morgan fingerprint density at radius 2 is 2.18 bits per heavy atom. The van der Waals surface area contributed by atoms with Crippen LogP contribution in [0.3, 0.4) is 0 Å². The molecule has 2 heterocycles. The summed E-state index contributed by atoms with van der Waals surface area (Å²) in [7, 11) is 0. The number of benzene rings is 1. The van der Waals surface area contributed by atoms with Crippen LogP contribution in [-0.4, -0.2) is 21.0 Å². The average molecular weight is 246 g/mol. The summed E-state index contributed by atoms with van der Waals surface area (Å²) in [5.41, 5.74) is 1.37. The Bertz CT molecular complexity index is 477. The van der Waals surface area contributed by atoms with Crippen molar-refractivity contribution >= 4 is 11.8 Å². The summed E-state index contributed by atoms with van der Waals surface area (Å²) >= 11 is 1.88. The van der Waals surface area contributed by atoms with E-state index in [1.807, 2.05) is 53.0 Å². The van der Waals surface area contributed by atoms with Gasteiger partial charge in [0.15, 0.2) is 5.75 Å². The molecule has 1 aromatic carbocycles. The van der Waals surface area contributed by atoms with Crippen molar-refractivity contribution in [2.75, 3.05) is 5.75 Å². The van der Waals surface area contributed by atoms with Gasteiger partial charge in [-0.05, 0) is 30.7 Å². The molecule has 3 nitrogen and oxygen atoms in total. The Kier molecular flexibility index (Phi) is 3.05. The molecule has 17 heavy (non-hydrogen) atoms. The van der Waals surface area contributed by atoms with Crippen LogP contribution in [0.15, 0.2) is 42.7 Å². The molecule has 0 bridgehead atoms. The van der Waals surface area contributed by atoms with E-state index >= 15 is 0 Å². The summed E-state index contributed by atoms with van der Waals surface area (Å²) in [6.07, 6.45) is 6.11. The fourth-order valence-electron chi connectivity index (χ4n) is 1.88. The van der Waals surface area contributed by atoms with Crippen LogP contribution < -0.4 is 4.74 Å². The number of ether oxygens (including phenoxy) is 1. The third kappa shape index (κ3) is 2.47. The lowest BCUT2D eigenvalue weighted by Gasteiger charge is -2.09. The van der Waals surface area contributed by atoms with Crippen LogP contribution in [-0.2, 0) is 0 Å².